The van der Waals surface area contributed by atoms with Crippen molar-refractivity contribution in [1.29, 1.82) is 0 Å². The third-order valence-electron chi connectivity index (χ3n) is 5.02. The van der Waals surface area contributed by atoms with E-state index in [1.54, 1.807) is 6.07 Å². The normalized spacial score (nSPS) is 31.3. The van der Waals surface area contributed by atoms with Crippen molar-refractivity contribution in [3.63, 3.8) is 0 Å². The van der Waals surface area contributed by atoms with Gasteiger partial charge < -0.3 is 15.0 Å². The number of amides is 1. The monoisotopic (exact) mass is 334 g/mol. The average molecular weight is 334 g/mol. The minimum absolute atomic E-state index is 0.0998. The molecule has 1 aromatic carbocycles. The van der Waals surface area contributed by atoms with Gasteiger partial charge in [-0.05, 0) is 70.2 Å². The van der Waals surface area contributed by atoms with Crippen LogP contribution in [0.25, 0.3) is 0 Å². The molecule has 2 aliphatic heterocycles. The highest BCUT2D eigenvalue weighted by Gasteiger charge is 2.34. The summed E-state index contributed by atoms with van der Waals surface area (Å²) in [4.78, 5) is 14.7. The highest BCUT2D eigenvalue weighted by molar-refractivity contribution is 5.98. The number of halogens is 1. The fraction of sp³-hybridized carbons (Fsp3) is 0.632. The molecule has 5 heteroatoms. The summed E-state index contributed by atoms with van der Waals surface area (Å²) in [5.74, 6) is -0.164. The predicted octanol–water partition coefficient (Wildman–Crippen LogP) is 3.18. The van der Waals surface area contributed by atoms with Crippen LogP contribution < -0.4 is 10.2 Å². The molecule has 4 nitrogen and oxygen atoms in total. The molecule has 132 valence electrons. The van der Waals surface area contributed by atoms with E-state index in [-0.39, 0.29) is 30.0 Å². The Morgan fingerprint density at radius 3 is 2.62 bits per heavy atom. The molecule has 0 aliphatic carbocycles. The summed E-state index contributed by atoms with van der Waals surface area (Å²) in [6.07, 6.45) is 4.12. The molecule has 2 heterocycles. The summed E-state index contributed by atoms with van der Waals surface area (Å²) >= 11 is 0. The number of rotatable bonds is 3. The zero-order valence-corrected chi connectivity index (χ0v) is 14.7. The molecule has 0 aromatic heterocycles. The Hall–Kier alpha value is -1.46. The van der Waals surface area contributed by atoms with Gasteiger partial charge in [-0.25, -0.2) is 4.39 Å². The Balaban J connectivity index is 1.70. The number of ether oxygens (including phenoxy) is 1. The van der Waals surface area contributed by atoms with E-state index in [4.69, 9.17) is 4.74 Å². The number of carbonyl (C=O) groups excluding carboxylic acids is 1. The minimum atomic E-state index is -0.263. The van der Waals surface area contributed by atoms with Crippen LogP contribution in [0.4, 0.5) is 10.1 Å². The van der Waals surface area contributed by atoms with Gasteiger partial charge >= 0.3 is 0 Å². The van der Waals surface area contributed by atoms with Crippen molar-refractivity contribution in [3.05, 3.63) is 29.6 Å². The molecule has 0 saturated carbocycles. The Labute approximate surface area is 143 Å². The number of aryl methyl sites for hydroxylation is 1. The molecule has 24 heavy (non-hydrogen) atoms. The molecule has 2 aliphatic rings. The van der Waals surface area contributed by atoms with Crippen LogP contribution in [0.2, 0.25) is 0 Å². The molecule has 1 unspecified atom stereocenters. The number of carbonyl (C=O) groups is 1. The number of benzene rings is 1. The van der Waals surface area contributed by atoms with Crippen molar-refractivity contribution in [2.75, 3.05) is 11.4 Å². The summed E-state index contributed by atoms with van der Waals surface area (Å²) in [5.41, 5.74) is 1.62. The van der Waals surface area contributed by atoms with Crippen molar-refractivity contribution in [2.45, 2.75) is 70.7 Å². The van der Waals surface area contributed by atoms with Gasteiger partial charge in [0.1, 0.15) is 5.82 Å². The lowest BCUT2D eigenvalue weighted by molar-refractivity contribution is -0.122. The summed E-state index contributed by atoms with van der Waals surface area (Å²) in [5, 5.41) is 3.55. The lowest BCUT2D eigenvalue weighted by Crippen LogP contribution is -2.55. The van der Waals surface area contributed by atoms with Gasteiger partial charge in [0.15, 0.2) is 0 Å². The first kappa shape index (κ1) is 17.4. The number of anilines is 1. The standard InChI is InChI=1S/C19H27FN2O2/c1-12-9-15(20)6-7-18(12)22-8-4-5-17(19(22)23)21-16-10-13(2)24-14(3)11-16/h6-7,9,13-14,16-17,21H,4-5,8,10-11H2,1-3H3/t13-,14+,16?,17-/m1/s1. The van der Waals surface area contributed by atoms with Crippen LogP contribution >= 0.6 is 0 Å². The van der Waals surface area contributed by atoms with Crippen LogP contribution in [0.15, 0.2) is 18.2 Å². The molecule has 0 spiro atoms. The summed E-state index contributed by atoms with van der Waals surface area (Å²) in [6, 6.07) is 4.78. The van der Waals surface area contributed by atoms with Gasteiger partial charge in [-0.1, -0.05) is 0 Å². The summed E-state index contributed by atoms with van der Waals surface area (Å²) in [6.45, 7) is 6.72. The molecule has 0 radical (unpaired) electrons. The maximum atomic E-state index is 13.3. The van der Waals surface area contributed by atoms with E-state index < -0.39 is 0 Å². The van der Waals surface area contributed by atoms with Crippen molar-refractivity contribution in [1.82, 2.24) is 5.32 Å². The Kier molecular flexibility index (Phi) is 5.21. The lowest BCUT2D eigenvalue weighted by Gasteiger charge is -2.38. The molecule has 3 rings (SSSR count). The molecule has 0 bridgehead atoms. The van der Waals surface area contributed by atoms with Gasteiger partial charge in [0.2, 0.25) is 5.91 Å². The fourth-order valence-electron chi connectivity index (χ4n) is 4.02. The molecule has 2 saturated heterocycles. The third kappa shape index (κ3) is 3.78. The lowest BCUT2D eigenvalue weighted by atomic mass is 9.96. The van der Waals surface area contributed by atoms with Gasteiger partial charge in [0.25, 0.3) is 0 Å². The van der Waals surface area contributed by atoms with Crippen LogP contribution in [0.3, 0.4) is 0 Å². The van der Waals surface area contributed by atoms with E-state index in [0.717, 1.165) is 36.9 Å². The zero-order valence-electron chi connectivity index (χ0n) is 14.7. The smallest absolute Gasteiger partial charge is 0.244 e. The first-order chi connectivity index (χ1) is 11.4. The van der Waals surface area contributed by atoms with E-state index in [2.05, 4.69) is 19.2 Å². The van der Waals surface area contributed by atoms with Crippen molar-refractivity contribution in [3.8, 4) is 0 Å². The van der Waals surface area contributed by atoms with Crippen LogP contribution in [-0.4, -0.2) is 36.7 Å². The third-order valence-corrected chi connectivity index (χ3v) is 5.02. The van der Waals surface area contributed by atoms with E-state index in [9.17, 15) is 9.18 Å². The van der Waals surface area contributed by atoms with Crippen molar-refractivity contribution in [2.24, 2.45) is 0 Å². The number of hydrogen-bond donors (Lipinski definition) is 1. The number of nitrogens with zero attached hydrogens (tertiary/aromatic N) is 1. The maximum Gasteiger partial charge on any atom is 0.244 e. The molecule has 1 amide bonds. The van der Waals surface area contributed by atoms with Crippen LogP contribution in [0.1, 0.15) is 45.1 Å². The number of piperidine rings is 1. The molecular formula is C19H27FN2O2. The van der Waals surface area contributed by atoms with E-state index in [1.165, 1.54) is 12.1 Å². The Morgan fingerprint density at radius 2 is 1.96 bits per heavy atom. The van der Waals surface area contributed by atoms with Gasteiger partial charge in [-0.2, -0.15) is 0 Å². The average Bonchev–Trinajstić information content (AvgIpc) is 2.49. The second-order valence-electron chi connectivity index (χ2n) is 7.21. The van der Waals surface area contributed by atoms with Crippen molar-refractivity contribution < 1.29 is 13.9 Å². The molecule has 1 N–H and O–H groups in total. The zero-order chi connectivity index (χ0) is 17.3. The highest BCUT2D eigenvalue weighted by Crippen LogP contribution is 2.27. The second-order valence-corrected chi connectivity index (χ2v) is 7.21. The van der Waals surface area contributed by atoms with Gasteiger partial charge in [0, 0.05) is 18.3 Å². The SMILES string of the molecule is Cc1cc(F)ccc1N1CCC[C@@H](NC2C[C@@H](C)O[C@@H](C)C2)C1=O. The topological polar surface area (TPSA) is 41.6 Å². The fourth-order valence-corrected chi connectivity index (χ4v) is 4.02. The molecule has 2 fully saturated rings. The second kappa shape index (κ2) is 7.19. The van der Waals surface area contributed by atoms with Crippen LogP contribution in [-0.2, 0) is 9.53 Å². The highest BCUT2D eigenvalue weighted by atomic mass is 19.1. The van der Waals surface area contributed by atoms with E-state index in [1.807, 2.05) is 11.8 Å². The molecule has 1 aromatic rings. The molecular weight excluding hydrogens is 307 g/mol. The quantitative estimate of drug-likeness (QED) is 0.923. The van der Waals surface area contributed by atoms with E-state index in [0.29, 0.717) is 12.6 Å². The summed E-state index contributed by atoms with van der Waals surface area (Å²) < 4.78 is 19.1. The van der Waals surface area contributed by atoms with Crippen molar-refractivity contribution >= 4 is 11.6 Å². The first-order valence-corrected chi connectivity index (χ1v) is 8.93. The first-order valence-electron chi connectivity index (χ1n) is 8.93. The number of nitrogens with one attached hydrogen (secondary N) is 1. The minimum Gasteiger partial charge on any atom is -0.375 e. The van der Waals surface area contributed by atoms with Gasteiger partial charge in [-0.15, -0.1) is 0 Å². The Bertz CT molecular complexity index is 597. The molecule has 4 atom stereocenters. The van der Waals surface area contributed by atoms with Gasteiger partial charge in [-0.3, -0.25) is 4.79 Å². The largest absolute Gasteiger partial charge is 0.375 e. The maximum absolute atomic E-state index is 13.3. The van der Waals surface area contributed by atoms with Crippen LogP contribution in [0, 0.1) is 12.7 Å². The van der Waals surface area contributed by atoms with E-state index >= 15 is 0 Å². The number of hydrogen-bond acceptors (Lipinski definition) is 3. The van der Waals surface area contributed by atoms with Gasteiger partial charge in [0.05, 0.1) is 18.2 Å². The Morgan fingerprint density at radius 1 is 1.25 bits per heavy atom. The summed E-state index contributed by atoms with van der Waals surface area (Å²) in [7, 11) is 0. The van der Waals surface area contributed by atoms with Crippen LogP contribution in [0.5, 0.6) is 0 Å². The predicted molar refractivity (Wildman–Crippen MR) is 92.7 cm³/mol.